The minimum absolute atomic E-state index is 0.0400. The molecule has 0 fully saturated rings. The first-order chi connectivity index (χ1) is 11.4. The summed E-state index contributed by atoms with van der Waals surface area (Å²) in [5.74, 6) is 0.413. The van der Waals surface area contributed by atoms with E-state index in [0.29, 0.717) is 18.8 Å². The number of nitrogens with one attached hydrogen (secondary N) is 2. The number of carbonyl (C=O) groups is 1. The standard InChI is InChI=1S/C17H24N4OS2/c1-17(2,3)9-10-18-14(22)12-23-16-21-20-15(24-16)19-11-13-7-5-4-6-8-13/h4-8H,9-12H2,1-3H3,(H,18,22)(H,19,20). The Bertz CT molecular complexity index is 638. The highest BCUT2D eigenvalue weighted by Crippen LogP contribution is 2.25. The van der Waals surface area contributed by atoms with Crippen molar-refractivity contribution < 1.29 is 4.79 Å². The van der Waals surface area contributed by atoms with Crippen molar-refractivity contribution >= 4 is 34.1 Å². The van der Waals surface area contributed by atoms with Crippen molar-refractivity contribution in [3.8, 4) is 0 Å². The molecule has 2 rings (SSSR count). The molecule has 0 radical (unpaired) electrons. The summed E-state index contributed by atoms with van der Waals surface area (Å²) in [6.07, 6.45) is 0.968. The molecule has 1 heterocycles. The summed E-state index contributed by atoms with van der Waals surface area (Å²) in [4.78, 5) is 11.8. The van der Waals surface area contributed by atoms with E-state index in [0.717, 1.165) is 15.9 Å². The summed E-state index contributed by atoms with van der Waals surface area (Å²) in [5, 5.41) is 15.2. The fourth-order valence-electron chi connectivity index (χ4n) is 1.87. The van der Waals surface area contributed by atoms with Gasteiger partial charge in [0, 0.05) is 13.1 Å². The van der Waals surface area contributed by atoms with Crippen molar-refractivity contribution in [2.45, 2.75) is 38.1 Å². The van der Waals surface area contributed by atoms with Gasteiger partial charge in [-0.1, -0.05) is 74.2 Å². The van der Waals surface area contributed by atoms with Gasteiger partial charge in [-0.3, -0.25) is 4.79 Å². The topological polar surface area (TPSA) is 66.9 Å². The average Bonchev–Trinajstić information content (AvgIpc) is 2.99. The van der Waals surface area contributed by atoms with Crippen LogP contribution in [0.1, 0.15) is 32.8 Å². The third-order valence-electron chi connectivity index (χ3n) is 3.22. The van der Waals surface area contributed by atoms with Gasteiger partial charge < -0.3 is 10.6 Å². The second-order valence-corrected chi connectivity index (χ2v) is 8.86. The summed E-state index contributed by atoms with van der Waals surface area (Å²) in [6, 6.07) is 10.1. The van der Waals surface area contributed by atoms with Crippen LogP contribution in [0.3, 0.4) is 0 Å². The summed E-state index contributed by atoms with van der Waals surface area (Å²) in [7, 11) is 0. The number of carbonyl (C=O) groups excluding carboxylic acids is 1. The first-order valence-electron chi connectivity index (χ1n) is 7.93. The highest BCUT2D eigenvalue weighted by molar-refractivity contribution is 8.01. The zero-order valence-electron chi connectivity index (χ0n) is 14.3. The maximum Gasteiger partial charge on any atom is 0.230 e. The molecule has 24 heavy (non-hydrogen) atoms. The number of hydrogen-bond acceptors (Lipinski definition) is 6. The van der Waals surface area contributed by atoms with Crippen LogP contribution >= 0.6 is 23.1 Å². The van der Waals surface area contributed by atoms with Crippen LogP contribution in [-0.2, 0) is 11.3 Å². The summed E-state index contributed by atoms with van der Waals surface area (Å²) in [5.41, 5.74) is 1.43. The van der Waals surface area contributed by atoms with Gasteiger partial charge in [0.25, 0.3) is 0 Å². The molecule has 1 aromatic heterocycles. The lowest BCUT2D eigenvalue weighted by Gasteiger charge is -2.17. The molecule has 0 saturated heterocycles. The second kappa shape index (κ2) is 9.03. The van der Waals surface area contributed by atoms with E-state index >= 15 is 0 Å². The first-order valence-corrected chi connectivity index (χ1v) is 9.73. The Morgan fingerprint density at radius 3 is 2.67 bits per heavy atom. The van der Waals surface area contributed by atoms with Gasteiger partial charge in [-0.05, 0) is 17.4 Å². The molecule has 2 aromatic rings. The van der Waals surface area contributed by atoms with Gasteiger partial charge in [-0.25, -0.2) is 0 Å². The molecule has 0 aliphatic heterocycles. The molecule has 0 atom stereocenters. The van der Waals surface area contributed by atoms with E-state index in [1.165, 1.54) is 28.7 Å². The van der Waals surface area contributed by atoms with E-state index in [1.54, 1.807) is 0 Å². The molecule has 5 nitrogen and oxygen atoms in total. The number of rotatable bonds is 8. The number of thioether (sulfide) groups is 1. The average molecular weight is 365 g/mol. The summed E-state index contributed by atoms with van der Waals surface area (Å²) < 4.78 is 0.802. The van der Waals surface area contributed by atoms with E-state index in [9.17, 15) is 4.79 Å². The summed E-state index contributed by atoms with van der Waals surface area (Å²) >= 11 is 2.89. The fraction of sp³-hybridized carbons (Fsp3) is 0.471. The van der Waals surface area contributed by atoms with Crippen molar-refractivity contribution in [3.05, 3.63) is 35.9 Å². The lowest BCUT2D eigenvalue weighted by Crippen LogP contribution is -2.28. The third kappa shape index (κ3) is 7.31. The van der Waals surface area contributed by atoms with Crippen molar-refractivity contribution in [3.63, 3.8) is 0 Å². The van der Waals surface area contributed by atoms with Gasteiger partial charge in [-0.15, -0.1) is 10.2 Å². The number of nitrogens with zero attached hydrogens (tertiary/aromatic N) is 2. The van der Waals surface area contributed by atoms with Gasteiger partial charge in [0.15, 0.2) is 4.34 Å². The Morgan fingerprint density at radius 1 is 1.21 bits per heavy atom. The molecular weight excluding hydrogens is 340 g/mol. The molecule has 0 saturated carbocycles. The van der Waals surface area contributed by atoms with Crippen LogP contribution in [0.2, 0.25) is 0 Å². The highest BCUT2D eigenvalue weighted by Gasteiger charge is 2.11. The van der Waals surface area contributed by atoms with Crippen LogP contribution in [0.4, 0.5) is 5.13 Å². The molecule has 0 unspecified atom stereocenters. The Morgan fingerprint density at radius 2 is 1.96 bits per heavy atom. The lowest BCUT2D eigenvalue weighted by molar-refractivity contribution is -0.118. The molecule has 1 aromatic carbocycles. The monoisotopic (exact) mass is 364 g/mol. The Labute approximate surface area is 151 Å². The van der Waals surface area contributed by atoms with E-state index < -0.39 is 0 Å². The van der Waals surface area contributed by atoms with E-state index in [2.05, 4.69) is 53.7 Å². The Balaban J connectivity index is 1.68. The van der Waals surface area contributed by atoms with Gasteiger partial charge in [0.05, 0.1) is 5.75 Å². The van der Waals surface area contributed by atoms with Crippen molar-refractivity contribution in [2.24, 2.45) is 5.41 Å². The fourth-order valence-corrected chi connectivity index (χ4v) is 3.45. The normalized spacial score (nSPS) is 11.3. The molecule has 1 amide bonds. The molecule has 0 bridgehead atoms. The maximum absolute atomic E-state index is 11.8. The first kappa shape index (κ1) is 18.7. The van der Waals surface area contributed by atoms with Crippen LogP contribution in [0, 0.1) is 5.41 Å². The number of amides is 1. The highest BCUT2D eigenvalue weighted by atomic mass is 32.2. The molecule has 2 N–H and O–H groups in total. The quantitative estimate of drug-likeness (QED) is 0.698. The largest absolute Gasteiger partial charge is 0.356 e. The zero-order chi connectivity index (χ0) is 17.4. The smallest absolute Gasteiger partial charge is 0.230 e. The van der Waals surface area contributed by atoms with E-state index in [-0.39, 0.29) is 11.3 Å². The zero-order valence-corrected chi connectivity index (χ0v) is 16.0. The lowest BCUT2D eigenvalue weighted by atomic mass is 9.92. The number of hydrogen-bond donors (Lipinski definition) is 2. The number of anilines is 1. The van der Waals surface area contributed by atoms with E-state index in [1.807, 2.05) is 18.2 Å². The van der Waals surface area contributed by atoms with Crippen molar-refractivity contribution in [2.75, 3.05) is 17.6 Å². The molecule has 0 aliphatic carbocycles. The number of benzene rings is 1. The SMILES string of the molecule is CC(C)(C)CCNC(=O)CSc1nnc(NCc2ccccc2)s1. The second-order valence-electron chi connectivity index (χ2n) is 6.66. The van der Waals surface area contributed by atoms with Gasteiger partial charge in [0.2, 0.25) is 11.0 Å². The van der Waals surface area contributed by atoms with Crippen molar-refractivity contribution in [1.29, 1.82) is 0 Å². The van der Waals surface area contributed by atoms with E-state index in [4.69, 9.17) is 0 Å². The van der Waals surface area contributed by atoms with Crippen LogP contribution < -0.4 is 10.6 Å². The number of aromatic nitrogens is 2. The van der Waals surface area contributed by atoms with Gasteiger partial charge >= 0.3 is 0 Å². The minimum Gasteiger partial charge on any atom is -0.356 e. The Hall–Kier alpha value is -1.60. The van der Waals surface area contributed by atoms with Crippen LogP contribution in [-0.4, -0.2) is 28.4 Å². The third-order valence-corrected chi connectivity index (χ3v) is 5.23. The molecular formula is C17H24N4OS2. The van der Waals surface area contributed by atoms with Crippen LogP contribution in [0.5, 0.6) is 0 Å². The maximum atomic E-state index is 11.8. The summed E-state index contributed by atoms with van der Waals surface area (Å²) in [6.45, 7) is 7.92. The Kier molecular flexibility index (Phi) is 7.05. The van der Waals surface area contributed by atoms with Crippen molar-refractivity contribution in [1.82, 2.24) is 15.5 Å². The molecule has 0 spiro atoms. The van der Waals surface area contributed by atoms with Gasteiger partial charge in [0.1, 0.15) is 0 Å². The molecule has 7 heteroatoms. The minimum atomic E-state index is 0.0400. The van der Waals surface area contributed by atoms with Crippen LogP contribution in [0.15, 0.2) is 34.7 Å². The predicted molar refractivity (Wildman–Crippen MR) is 101 cm³/mol. The van der Waals surface area contributed by atoms with Gasteiger partial charge in [-0.2, -0.15) is 0 Å². The molecule has 0 aliphatic rings. The predicted octanol–water partition coefficient (Wildman–Crippen LogP) is 3.79. The molecule has 130 valence electrons. The van der Waals surface area contributed by atoms with Crippen LogP contribution in [0.25, 0.3) is 0 Å².